The maximum absolute atomic E-state index is 12.0. The van der Waals surface area contributed by atoms with Crippen LogP contribution in [0.1, 0.15) is 32.1 Å². The highest BCUT2D eigenvalue weighted by molar-refractivity contribution is 6.42. The fraction of sp³-hybridized carbons (Fsp3) is 0.769. The first kappa shape index (κ1) is 12.9. The molecule has 1 aliphatic carbocycles. The van der Waals surface area contributed by atoms with E-state index < -0.39 is 0 Å². The molecule has 1 heterocycles. The average molecular weight is 258 g/mol. The van der Waals surface area contributed by atoms with Crippen molar-refractivity contribution in [2.45, 2.75) is 32.1 Å². The number of rotatable bonds is 2. The van der Waals surface area contributed by atoms with Crippen LogP contribution in [0, 0.1) is 5.92 Å². The average Bonchev–Trinajstić information content (AvgIpc) is 2.40. The molecule has 0 aromatic carbocycles. The topological polar surface area (TPSA) is 29.5 Å². The Morgan fingerprint density at radius 2 is 1.82 bits per heavy atom. The highest BCUT2D eigenvalue weighted by Crippen LogP contribution is 2.26. The lowest BCUT2D eigenvalue weighted by Crippen LogP contribution is -2.40. The number of hydrogen-bond acceptors (Lipinski definition) is 2. The van der Waals surface area contributed by atoms with Gasteiger partial charge in [-0.15, -0.1) is 0 Å². The molecule has 0 atom stereocenters. The second-order valence-electron chi connectivity index (χ2n) is 4.82. The van der Waals surface area contributed by atoms with Crippen LogP contribution in [0.3, 0.4) is 0 Å². The lowest BCUT2D eigenvalue weighted by atomic mass is 9.89. The Hall–Kier alpha value is -0.540. The first-order chi connectivity index (χ1) is 8.27. The van der Waals surface area contributed by atoms with Crippen LogP contribution in [0.25, 0.3) is 0 Å². The van der Waals surface area contributed by atoms with Crippen molar-refractivity contribution < 1.29 is 9.53 Å². The normalized spacial score (nSPS) is 23.8. The number of carbonyl (C=O) groups is 1. The summed E-state index contributed by atoms with van der Waals surface area (Å²) in [6.45, 7) is 2.57. The molecule has 4 heteroatoms. The van der Waals surface area contributed by atoms with E-state index in [-0.39, 0.29) is 5.91 Å². The number of nitrogens with zero attached hydrogens (tertiary/aromatic N) is 1. The summed E-state index contributed by atoms with van der Waals surface area (Å²) in [5.74, 6) is 0.474. The summed E-state index contributed by atoms with van der Waals surface area (Å²) in [6.07, 6.45) is 8.16. The summed E-state index contributed by atoms with van der Waals surface area (Å²) in [6, 6.07) is 0. The number of halogens is 1. The van der Waals surface area contributed by atoms with Crippen LogP contribution in [-0.4, -0.2) is 37.1 Å². The first-order valence-electron chi connectivity index (χ1n) is 6.52. The van der Waals surface area contributed by atoms with Crippen LogP contribution in [0.15, 0.2) is 11.1 Å². The van der Waals surface area contributed by atoms with Crippen LogP contribution in [0.2, 0.25) is 0 Å². The van der Waals surface area contributed by atoms with Gasteiger partial charge >= 0.3 is 0 Å². The number of ether oxygens (including phenoxy) is 1. The molecule has 0 radical (unpaired) electrons. The predicted molar refractivity (Wildman–Crippen MR) is 67.9 cm³/mol. The van der Waals surface area contributed by atoms with Crippen molar-refractivity contribution in [1.29, 1.82) is 0 Å². The van der Waals surface area contributed by atoms with E-state index in [4.69, 9.17) is 16.3 Å². The number of amides is 1. The van der Waals surface area contributed by atoms with Crippen molar-refractivity contribution in [3.63, 3.8) is 0 Å². The Labute approximate surface area is 108 Å². The zero-order valence-electron chi connectivity index (χ0n) is 10.2. The second kappa shape index (κ2) is 6.41. The number of allylic oxidation sites excluding steroid dienone is 1. The molecule has 3 nitrogen and oxygen atoms in total. The third kappa shape index (κ3) is 3.71. The quantitative estimate of drug-likeness (QED) is 0.712. The lowest BCUT2D eigenvalue weighted by Gasteiger charge is -2.27. The number of carbonyl (C=O) groups excluding carboxylic acids is 1. The molecule has 1 amide bonds. The van der Waals surface area contributed by atoms with Gasteiger partial charge in [-0.25, -0.2) is 0 Å². The van der Waals surface area contributed by atoms with Crippen LogP contribution < -0.4 is 0 Å². The van der Waals surface area contributed by atoms with Crippen molar-refractivity contribution in [3.05, 3.63) is 11.1 Å². The van der Waals surface area contributed by atoms with Crippen molar-refractivity contribution in [2.24, 2.45) is 5.92 Å². The van der Waals surface area contributed by atoms with Gasteiger partial charge in [0.15, 0.2) is 0 Å². The number of hydrogen-bond donors (Lipinski definition) is 0. The highest BCUT2D eigenvalue weighted by Gasteiger charge is 2.21. The van der Waals surface area contributed by atoms with Gasteiger partial charge in [-0.2, -0.15) is 0 Å². The van der Waals surface area contributed by atoms with E-state index in [0.717, 1.165) is 0 Å². The van der Waals surface area contributed by atoms with E-state index >= 15 is 0 Å². The summed E-state index contributed by atoms with van der Waals surface area (Å²) < 4.78 is 5.22. The largest absolute Gasteiger partial charge is 0.378 e. The molecule has 0 aromatic rings. The second-order valence-corrected chi connectivity index (χ2v) is 5.22. The molecule has 17 heavy (non-hydrogen) atoms. The molecular formula is C13H20ClNO2. The molecule has 0 aromatic heterocycles. The molecule has 2 rings (SSSR count). The summed E-state index contributed by atoms with van der Waals surface area (Å²) in [5, 5.41) is 0.402. The Morgan fingerprint density at radius 1 is 1.18 bits per heavy atom. The minimum absolute atomic E-state index is 0.0273. The third-order valence-corrected chi connectivity index (χ3v) is 3.82. The zero-order valence-corrected chi connectivity index (χ0v) is 10.9. The molecule has 96 valence electrons. The van der Waals surface area contributed by atoms with Crippen molar-refractivity contribution in [3.8, 4) is 0 Å². The van der Waals surface area contributed by atoms with Crippen molar-refractivity contribution in [1.82, 2.24) is 4.90 Å². The standard InChI is InChI=1S/C13H20ClNO2/c14-12(10-11-4-2-1-3-5-11)13(16)15-6-8-17-9-7-15/h10-11H,1-9H2/b12-10-. The van der Waals surface area contributed by atoms with Gasteiger partial charge in [0.2, 0.25) is 0 Å². The molecule has 0 bridgehead atoms. The van der Waals surface area contributed by atoms with Gasteiger partial charge in [-0.3, -0.25) is 4.79 Å². The molecular weight excluding hydrogens is 238 g/mol. The Balaban J connectivity index is 1.90. The summed E-state index contributed by atoms with van der Waals surface area (Å²) >= 11 is 6.13. The van der Waals surface area contributed by atoms with Gasteiger partial charge in [0.1, 0.15) is 5.03 Å². The molecule has 0 spiro atoms. The van der Waals surface area contributed by atoms with Gasteiger partial charge in [0.25, 0.3) is 5.91 Å². The highest BCUT2D eigenvalue weighted by atomic mass is 35.5. The van der Waals surface area contributed by atoms with Crippen LogP contribution in [0.5, 0.6) is 0 Å². The van der Waals surface area contributed by atoms with Crippen LogP contribution in [-0.2, 0) is 9.53 Å². The molecule has 1 saturated carbocycles. The maximum atomic E-state index is 12.0. The summed E-state index contributed by atoms with van der Waals surface area (Å²) in [4.78, 5) is 13.8. The van der Waals surface area contributed by atoms with E-state index in [2.05, 4.69) is 0 Å². The monoisotopic (exact) mass is 257 g/mol. The SMILES string of the molecule is O=C(/C(Cl)=C/C1CCCCC1)N1CCOCC1. The van der Waals surface area contributed by atoms with Crippen LogP contribution >= 0.6 is 11.6 Å². The van der Waals surface area contributed by atoms with Gasteiger partial charge < -0.3 is 9.64 Å². The predicted octanol–water partition coefficient (Wildman–Crippen LogP) is 2.55. The van der Waals surface area contributed by atoms with Crippen LogP contribution in [0.4, 0.5) is 0 Å². The fourth-order valence-electron chi connectivity index (χ4n) is 2.50. The molecule has 1 aliphatic heterocycles. The summed E-state index contributed by atoms with van der Waals surface area (Å²) in [7, 11) is 0. The van der Waals surface area contributed by atoms with Gasteiger partial charge in [0, 0.05) is 13.1 Å². The number of morpholine rings is 1. The van der Waals surface area contributed by atoms with Gasteiger partial charge in [-0.1, -0.05) is 36.9 Å². The molecule has 0 unspecified atom stereocenters. The molecule has 2 fully saturated rings. The minimum Gasteiger partial charge on any atom is -0.378 e. The fourth-order valence-corrected chi connectivity index (χ4v) is 2.79. The van der Waals surface area contributed by atoms with E-state index in [1.54, 1.807) is 4.90 Å². The van der Waals surface area contributed by atoms with E-state index in [1.165, 1.54) is 32.1 Å². The zero-order chi connectivity index (χ0) is 12.1. The first-order valence-corrected chi connectivity index (χ1v) is 6.89. The Kier molecular flexibility index (Phi) is 4.86. The maximum Gasteiger partial charge on any atom is 0.265 e. The smallest absolute Gasteiger partial charge is 0.265 e. The van der Waals surface area contributed by atoms with Crippen molar-refractivity contribution in [2.75, 3.05) is 26.3 Å². The third-order valence-electron chi connectivity index (χ3n) is 3.53. The summed E-state index contributed by atoms with van der Waals surface area (Å²) in [5.41, 5.74) is 0. The van der Waals surface area contributed by atoms with Gasteiger partial charge in [-0.05, 0) is 18.8 Å². The molecule has 2 aliphatic rings. The van der Waals surface area contributed by atoms with Crippen molar-refractivity contribution >= 4 is 17.5 Å². The van der Waals surface area contributed by atoms with Gasteiger partial charge in [0.05, 0.1) is 13.2 Å². The molecule has 1 saturated heterocycles. The Bertz CT molecular complexity index is 292. The minimum atomic E-state index is -0.0273. The van der Waals surface area contributed by atoms with E-state index in [9.17, 15) is 4.79 Å². The van der Waals surface area contributed by atoms with E-state index in [0.29, 0.717) is 37.3 Å². The van der Waals surface area contributed by atoms with E-state index in [1.807, 2.05) is 6.08 Å². The lowest BCUT2D eigenvalue weighted by molar-refractivity contribution is -0.130. The molecule has 0 N–H and O–H groups in total. The Morgan fingerprint density at radius 3 is 2.47 bits per heavy atom.